The predicted molar refractivity (Wildman–Crippen MR) is 74.9 cm³/mol. The third kappa shape index (κ3) is 4.48. The second-order valence-corrected chi connectivity index (χ2v) is 5.83. The Labute approximate surface area is 118 Å². The van der Waals surface area contributed by atoms with Crippen molar-refractivity contribution in [2.24, 2.45) is 5.73 Å². The summed E-state index contributed by atoms with van der Waals surface area (Å²) in [5.74, 6) is 0. The fraction of sp³-hybridized carbons (Fsp3) is 0.417. The molecule has 0 saturated heterocycles. The highest BCUT2D eigenvalue weighted by atomic mass is 32.2. The lowest BCUT2D eigenvalue weighted by atomic mass is 10.1. The number of nitrogens with zero attached hydrogens (tertiary/aromatic N) is 1. The van der Waals surface area contributed by atoms with Gasteiger partial charge in [0.2, 0.25) is 0 Å². The molecule has 1 aromatic rings. The Morgan fingerprint density at radius 2 is 1.95 bits per heavy atom. The van der Waals surface area contributed by atoms with Crippen molar-refractivity contribution in [1.82, 2.24) is 9.03 Å². The van der Waals surface area contributed by atoms with Crippen LogP contribution in [0.15, 0.2) is 24.3 Å². The molecule has 0 bridgehead atoms. The maximum absolute atomic E-state index is 11.9. The highest BCUT2D eigenvalue weighted by Gasteiger charge is 2.21. The molecule has 0 unspecified atom stereocenters. The average molecular weight is 301 g/mol. The molecule has 3 N–H and O–H groups in total. The predicted octanol–water partition coefficient (Wildman–Crippen LogP) is 0.568. The monoisotopic (exact) mass is 301 g/mol. The molecule has 1 amide bonds. The third-order valence-electron chi connectivity index (χ3n) is 2.63. The Kier molecular flexibility index (Phi) is 5.93. The first kappa shape index (κ1) is 16.4. The molecule has 8 heteroatoms. The lowest BCUT2D eigenvalue weighted by Gasteiger charge is -2.18. The molecular weight excluding hydrogens is 282 g/mol. The highest BCUT2D eigenvalue weighted by molar-refractivity contribution is 7.87. The Hall–Kier alpha value is -1.64. The molecule has 0 saturated carbocycles. The van der Waals surface area contributed by atoms with Crippen LogP contribution in [0, 0.1) is 0 Å². The molecule has 1 aromatic carbocycles. The first-order valence-electron chi connectivity index (χ1n) is 6.08. The number of amides is 1. The van der Waals surface area contributed by atoms with Crippen molar-refractivity contribution in [3.05, 3.63) is 35.4 Å². The van der Waals surface area contributed by atoms with Crippen molar-refractivity contribution < 1.29 is 17.9 Å². The van der Waals surface area contributed by atoms with Crippen molar-refractivity contribution in [3.8, 4) is 0 Å². The first-order valence-corrected chi connectivity index (χ1v) is 7.52. The first-order chi connectivity index (χ1) is 9.40. The van der Waals surface area contributed by atoms with Gasteiger partial charge in [-0.05, 0) is 18.1 Å². The number of carbonyl (C=O) groups is 1. The normalized spacial score (nSPS) is 11.4. The molecule has 0 fully saturated rings. The van der Waals surface area contributed by atoms with E-state index in [1.165, 1.54) is 7.05 Å². The van der Waals surface area contributed by atoms with Gasteiger partial charge in [0.1, 0.15) is 0 Å². The van der Waals surface area contributed by atoms with Crippen LogP contribution in [-0.4, -0.2) is 32.5 Å². The zero-order valence-corrected chi connectivity index (χ0v) is 12.3. The zero-order valence-electron chi connectivity index (χ0n) is 11.5. The van der Waals surface area contributed by atoms with E-state index in [0.29, 0.717) is 6.54 Å². The lowest BCUT2D eigenvalue weighted by molar-refractivity contribution is 0.158. The minimum Gasteiger partial charge on any atom is -0.449 e. The molecule has 0 heterocycles. The molecule has 0 radical (unpaired) electrons. The number of hydrogen-bond donors (Lipinski definition) is 2. The molecule has 20 heavy (non-hydrogen) atoms. The van der Waals surface area contributed by atoms with E-state index in [-0.39, 0.29) is 13.2 Å². The van der Waals surface area contributed by atoms with Crippen LogP contribution in [0.4, 0.5) is 4.79 Å². The van der Waals surface area contributed by atoms with E-state index in [0.717, 1.165) is 15.4 Å². The van der Waals surface area contributed by atoms with E-state index in [2.05, 4.69) is 4.74 Å². The number of benzene rings is 1. The molecular formula is C12H19N3O4S. The maximum Gasteiger partial charge on any atom is 0.421 e. The minimum absolute atomic E-state index is 0.0983. The van der Waals surface area contributed by atoms with Gasteiger partial charge in [0, 0.05) is 20.1 Å². The number of nitrogens with two attached hydrogens (primary N) is 1. The van der Waals surface area contributed by atoms with Crippen molar-refractivity contribution in [3.63, 3.8) is 0 Å². The lowest BCUT2D eigenvalue weighted by Crippen LogP contribution is -2.41. The molecule has 1 rings (SSSR count). The maximum atomic E-state index is 11.9. The quantitative estimate of drug-likeness (QED) is 0.799. The van der Waals surface area contributed by atoms with E-state index >= 15 is 0 Å². The summed E-state index contributed by atoms with van der Waals surface area (Å²) in [6, 6.07) is 7.25. The van der Waals surface area contributed by atoms with Crippen molar-refractivity contribution in [1.29, 1.82) is 0 Å². The Balaban J connectivity index is 2.79. The summed E-state index contributed by atoms with van der Waals surface area (Å²) < 4.78 is 31.2. The molecule has 0 aliphatic rings. The van der Waals surface area contributed by atoms with Gasteiger partial charge in [-0.25, -0.2) is 9.52 Å². The number of nitrogens with one attached hydrogen (secondary N) is 1. The van der Waals surface area contributed by atoms with Crippen molar-refractivity contribution >= 4 is 16.3 Å². The van der Waals surface area contributed by atoms with Gasteiger partial charge in [0.05, 0.1) is 6.61 Å². The average Bonchev–Trinajstić information content (AvgIpc) is 2.38. The van der Waals surface area contributed by atoms with Crippen LogP contribution in [-0.2, 0) is 28.0 Å². The molecule has 7 nitrogen and oxygen atoms in total. The number of carbonyl (C=O) groups excluding carboxylic acids is 1. The van der Waals surface area contributed by atoms with Crippen LogP contribution in [0.1, 0.15) is 18.1 Å². The zero-order chi connectivity index (χ0) is 15.2. The molecule has 0 spiro atoms. The van der Waals surface area contributed by atoms with Gasteiger partial charge in [-0.1, -0.05) is 24.3 Å². The molecule has 112 valence electrons. The van der Waals surface area contributed by atoms with Crippen molar-refractivity contribution in [2.75, 3.05) is 13.7 Å². The van der Waals surface area contributed by atoms with Gasteiger partial charge in [0.25, 0.3) is 0 Å². The second-order valence-electron chi connectivity index (χ2n) is 4.06. The number of hydrogen-bond acceptors (Lipinski definition) is 5. The van der Waals surface area contributed by atoms with Gasteiger partial charge in [-0.3, -0.25) is 0 Å². The summed E-state index contributed by atoms with van der Waals surface area (Å²) >= 11 is 0. The van der Waals surface area contributed by atoms with E-state index in [1.54, 1.807) is 19.1 Å². The smallest absolute Gasteiger partial charge is 0.421 e. The molecule has 0 aliphatic carbocycles. The van der Waals surface area contributed by atoms with Crippen LogP contribution in [0.25, 0.3) is 0 Å². The summed E-state index contributed by atoms with van der Waals surface area (Å²) in [5, 5.41) is 0. The van der Waals surface area contributed by atoms with Crippen LogP contribution < -0.4 is 10.5 Å². The van der Waals surface area contributed by atoms with E-state index in [4.69, 9.17) is 5.73 Å². The Morgan fingerprint density at radius 1 is 1.35 bits per heavy atom. The highest BCUT2D eigenvalue weighted by Crippen LogP contribution is 2.12. The Bertz CT molecular complexity index is 560. The number of rotatable bonds is 6. The standard InChI is InChI=1S/C12H19N3O4S/c1-3-19-12(16)14-20(17,18)15(2)9-11-7-5-4-6-10(11)8-13/h4-7H,3,8-9,13H2,1-2H3,(H,14,16). The fourth-order valence-corrected chi connectivity index (χ4v) is 2.31. The SMILES string of the molecule is CCOC(=O)NS(=O)(=O)N(C)Cc1ccccc1CN. The van der Waals surface area contributed by atoms with Gasteiger partial charge < -0.3 is 10.5 Å². The van der Waals surface area contributed by atoms with Gasteiger partial charge >= 0.3 is 16.3 Å². The summed E-state index contributed by atoms with van der Waals surface area (Å²) in [4.78, 5) is 11.2. The van der Waals surface area contributed by atoms with E-state index in [9.17, 15) is 13.2 Å². The minimum atomic E-state index is -3.94. The fourth-order valence-electron chi connectivity index (χ4n) is 1.58. The third-order valence-corrected chi connectivity index (χ3v) is 4.00. The van der Waals surface area contributed by atoms with Crippen LogP contribution in [0.5, 0.6) is 0 Å². The van der Waals surface area contributed by atoms with Crippen LogP contribution >= 0.6 is 0 Å². The number of ether oxygens (including phenoxy) is 1. The largest absolute Gasteiger partial charge is 0.449 e. The molecule has 0 atom stereocenters. The van der Waals surface area contributed by atoms with Gasteiger partial charge in [-0.2, -0.15) is 12.7 Å². The van der Waals surface area contributed by atoms with E-state index in [1.807, 2.05) is 16.9 Å². The molecule has 0 aliphatic heterocycles. The van der Waals surface area contributed by atoms with Crippen LogP contribution in [0.3, 0.4) is 0 Å². The summed E-state index contributed by atoms with van der Waals surface area (Å²) in [6.45, 7) is 2.12. The second kappa shape index (κ2) is 7.22. The van der Waals surface area contributed by atoms with Gasteiger partial charge in [-0.15, -0.1) is 0 Å². The van der Waals surface area contributed by atoms with Crippen LogP contribution in [0.2, 0.25) is 0 Å². The topological polar surface area (TPSA) is 102 Å². The Morgan fingerprint density at radius 3 is 2.50 bits per heavy atom. The van der Waals surface area contributed by atoms with Gasteiger partial charge in [0.15, 0.2) is 0 Å². The summed E-state index contributed by atoms with van der Waals surface area (Å²) in [7, 11) is -2.57. The van der Waals surface area contributed by atoms with Crippen molar-refractivity contribution in [2.45, 2.75) is 20.0 Å². The summed E-state index contributed by atoms with van der Waals surface area (Å²) in [6.07, 6.45) is -0.994. The van der Waals surface area contributed by atoms with E-state index < -0.39 is 16.3 Å². The molecule has 0 aromatic heterocycles. The summed E-state index contributed by atoms with van der Waals surface area (Å²) in [5.41, 5.74) is 7.23.